The maximum atomic E-state index is 13.5. The number of anilines is 1. The molecule has 2 rings (SSSR count). The van der Waals surface area contributed by atoms with Crippen molar-refractivity contribution in [2.75, 3.05) is 5.32 Å². The molecule has 0 aliphatic heterocycles. The molecular formula is C12H13FN4O. The fourth-order valence-corrected chi connectivity index (χ4v) is 1.67. The molecule has 1 heterocycles. The van der Waals surface area contributed by atoms with E-state index in [0.717, 1.165) is 0 Å². The second-order valence-corrected chi connectivity index (χ2v) is 3.89. The van der Waals surface area contributed by atoms with Gasteiger partial charge in [-0.15, -0.1) is 0 Å². The normalized spacial score (nSPS) is 12.1. The second kappa shape index (κ2) is 4.87. The predicted octanol–water partition coefficient (Wildman–Crippen LogP) is 1.20. The SMILES string of the molecule is Cn1cncc1C(Nc1ccccc1F)C(N)=O. The van der Waals surface area contributed by atoms with E-state index in [1.54, 1.807) is 36.1 Å². The number of aromatic nitrogens is 2. The van der Waals surface area contributed by atoms with Crippen LogP contribution in [0.3, 0.4) is 0 Å². The second-order valence-electron chi connectivity index (χ2n) is 3.89. The van der Waals surface area contributed by atoms with Gasteiger partial charge in [0.1, 0.15) is 11.9 Å². The van der Waals surface area contributed by atoms with Crippen molar-refractivity contribution in [3.8, 4) is 0 Å². The van der Waals surface area contributed by atoms with Crippen molar-refractivity contribution in [2.24, 2.45) is 12.8 Å². The number of carbonyl (C=O) groups excluding carboxylic acids is 1. The van der Waals surface area contributed by atoms with Crippen LogP contribution in [0.2, 0.25) is 0 Å². The summed E-state index contributed by atoms with van der Waals surface area (Å²) in [5.41, 5.74) is 6.13. The van der Waals surface area contributed by atoms with Crippen molar-refractivity contribution in [2.45, 2.75) is 6.04 Å². The Morgan fingerprint density at radius 1 is 1.50 bits per heavy atom. The minimum atomic E-state index is -0.825. The Balaban J connectivity index is 2.31. The summed E-state index contributed by atoms with van der Waals surface area (Å²) in [4.78, 5) is 15.4. The lowest BCUT2D eigenvalue weighted by Crippen LogP contribution is -2.29. The Hall–Kier alpha value is -2.37. The van der Waals surface area contributed by atoms with Crippen molar-refractivity contribution < 1.29 is 9.18 Å². The molecule has 94 valence electrons. The Morgan fingerprint density at radius 2 is 2.22 bits per heavy atom. The maximum absolute atomic E-state index is 13.5. The first-order chi connectivity index (χ1) is 8.59. The number of rotatable bonds is 4. The first-order valence-electron chi connectivity index (χ1n) is 5.36. The van der Waals surface area contributed by atoms with Crippen LogP contribution < -0.4 is 11.1 Å². The molecular weight excluding hydrogens is 235 g/mol. The van der Waals surface area contributed by atoms with E-state index in [4.69, 9.17) is 5.73 Å². The monoisotopic (exact) mass is 248 g/mol. The average molecular weight is 248 g/mol. The van der Waals surface area contributed by atoms with Crippen LogP contribution in [-0.4, -0.2) is 15.5 Å². The van der Waals surface area contributed by atoms with Gasteiger partial charge in [0.05, 0.1) is 23.9 Å². The number of carbonyl (C=O) groups is 1. The van der Waals surface area contributed by atoms with Gasteiger partial charge in [-0.3, -0.25) is 4.79 Å². The highest BCUT2D eigenvalue weighted by atomic mass is 19.1. The van der Waals surface area contributed by atoms with Gasteiger partial charge in [0.25, 0.3) is 0 Å². The van der Waals surface area contributed by atoms with Gasteiger partial charge >= 0.3 is 0 Å². The molecule has 2 aromatic rings. The summed E-state index contributed by atoms with van der Waals surface area (Å²) in [6.07, 6.45) is 3.07. The molecule has 1 aromatic carbocycles. The third kappa shape index (κ3) is 2.32. The lowest BCUT2D eigenvalue weighted by atomic mass is 10.2. The Kier molecular flexibility index (Phi) is 3.27. The van der Waals surface area contributed by atoms with Gasteiger partial charge in [-0.1, -0.05) is 12.1 Å². The Morgan fingerprint density at radius 3 is 2.78 bits per heavy atom. The molecule has 18 heavy (non-hydrogen) atoms. The van der Waals surface area contributed by atoms with Crippen LogP contribution in [0.5, 0.6) is 0 Å². The number of amides is 1. The summed E-state index contributed by atoms with van der Waals surface area (Å²) in [7, 11) is 1.74. The smallest absolute Gasteiger partial charge is 0.246 e. The molecule has 0 saturated carbocycles. The van der Waals surface area contributed by atoms with Crippen LogP contribution in [0.15, 0.2) is 36.8 Å². The van der Waals surface area contributed by atoms with Crippen molar-refractivity contribution in [3.05, 3.63) is 48.3 Å². The molecule has 0 bridgehead atoms. The Labute approximate surface area is 103 Å². The number of para-hydroxylation sites is 1. The zero-order valence-corrected chi connectivity index (χ0v) is 9.80. The number of primary amides is 1. The topological polar surface area (TPSA) is 72.9 Å². The van der Waals surface area contributed by atoms with E-state index in [0.29, 0.717) is 5.69 Å². The van der Waals surface area contributed by atoms with Crippen molar-refractivity contribution in [1.82, 2.24) is 9.55 Å². The zero-order chi connectivity index (χ0) is 13.1. The summed E-state index contributed by atoms with van der Waals surface area (Å²) in [6, 6.07) is 5.27. The van der Waals surface area contributed by atoms with Gasteiger partial charge in [-0.25, -0.2) is 9.37 Å². The number of nitrogens with zero attached hydrogens (tertiary/aromatic N) is 2. The van der Waals surface area contributed by atoms with Crippen LogP contribution >= 0.6 is 0 Å². The number of halogens is 1. The van der Waals surface area contributed by atoms with Gasteiger partial charge in [0, 0.05) is 7.05 Å². The van der Waals surface area contributed by atoms with E-state index < -0.39 is 17.8 Å². The van der Waals surface area contributed by atoms with Gasteiger partial charge in [-0.05, 0) is 12.1 Å². The quantitative estimate of drug-likeness (QED) is 0.853. The van der Waals surface area contributed by atoms with E-state index in [-0.39, 0.29) is 5.69 Å². The highest BCUT2D eigenvalue weighted by molar-refractivity contribution is 5.84. The number of nitrogens with one attached hydrogen (secondary N) is 1. The van der Waals surface area contributed by atoms with Gasteiger partial charge in [0.15, 0.2) is 0 Å². The molecule has 0 spiro atoms. The molecule has 0 fully saturated rings. The van der Waals surface area contributed by atoms with Crippen LogP contribution in [-0.2, 0) is 11.8 Å². The number of benzene rings is 1. The lowest BCUT2D eigenvalue weighted by Gasteiger charge is -2.17. The summed E-state index contributed by atoms with van der Waals surface area (Å²) < 4.78 is 15.2. The van der Waals surface area contributed by atoms with Crippen LogP contribution in [0.4, 0.5) is 10.1 Å². The highest BCUT2D eigenvalue weighted by Crippen LogP contribution is 2.21. The predicted molar refractivity (Wildman–Crippen MR) is 65.2 cm³/mol. The molecule has 6 heteroatoms. The fraction of sp³-hybridized carbons (Fsp3) is 0.167. The molecule has 5 nitrogen and oxygen atoms in total. The molecule has 1 aromatic heterocycles. The van der Waals surface area contributed by atoms with Gasteiger partial charge in [-0.2, -0.15) is 0 Å². The van der Waals surface area contributed by atoms with Crippen molar-refractivity contribution >= 4 is 11.6 Å². The summed E-state index contributed by atoms with van der Waals surface area (Å²) in [5.74, 6) is -1.03. The third-order valence-corrected chi connectivity index (χ3v) is 2.61. The molecule has 0 aliphatic carbocycles. The number of imidazole rings is 1. The van der Waals surface area contributed by atoms with Crippen molar-refractivity contribution in [1.29, 1.82) is 0 Å². The largest absolute Gasteiger partial charge is 0.368 e. The molecule has 1 amide bonds. The van der Waals surface area contributed by atoms with E-state index >= 15 is 0 Å². The fourth-order valence-electron chi connectivity index (χ4n) is 1.67. The average Bonchev–Trinajstić information content (AvgIpc) is 2.74. The minimum absolute atomic E-state index is 0.225. The first kappa shape index (κ1) is 12.1. The van der Waals surface area contributed by atoms with Gasteiger partial charge < -0.3 is 15.6 Å². The molecule has 3 N–H and O–H groups in total. The zero-order valence-electron chi connectivity index (χ0n) is 9.80. The number of nitrogens with two attached hydrogens (primary N) is 1. The van der Waals surface area contributed by atoms with Crippen LogP contribution in [0.1, 0.15) is 11.7 Å². The van der Waals surface area contributed by atoms with Crippen LogP contribution in [0.25, 0.3) is 0 Å². The summed E-state index contributed by atoms with van der Waals surface area (Å²) in [5, 5.41) is 2.78. The summed E-state index contributed by atoms with van der Waals surface area (Å²) in [6.45, 7) is 0. The maximum Gasteiger partial charge on any atom is 0.246 e. The summed E-state index contributed by atoms with van der Waals surface area (Å²) >= 11 is 0. The van der Waals surface area contributed by atoms with Gasteiger partial charge in [0.2, 0.25) is 5.91 Å². The molecule has 0 saturated heterocycles. The number of hydrogen-bond donors (Lipinski definition) is 2. The Bertz CT molecular complexity index is 567. The molecule has 1 atom stereocenters. The lowest BCUT2D eigenvalue weighted by molar-refractivity contribution is -0.118. The van der Waals surface area contributed by atoms with Crippen molar-refractivity contribution in [3.63, 3.8) is 0 Å². The van der Waals surface area contributed by atoms with E-state index in [1.807, 2.05) is 0 Å². The number of hydrogen-bond acceptors (Lipinski definition) is 3. The standard InChI is InChI=1S/C12H13FN4O/c1-17-7-15-6-10(17)11(12(14)18)16-9-5-3-2-4-8(9)13/h2-7,11,16H,1H3,(H2,14,18). The molecule has 0 aliphatic rings. The van der Waals surface area contributed by atoms with E-state index in [1.165, 1.54) is 12.3 Å². The number of aryl methyl sites for hydroxylation is 1. The third-order valence-electron chi connectivity index (χ3n) is 2.61. The van der Waals surface area contributed by atoms with E-state index in [2.05, 4.69) is 10.3 Å². The van der Waals surface area contributed by atoms with E-state index in [9.17, 15) is 9.18 Å². The van der Waals surface area contributed by atoms with Crippen LogP contribution in [0, 0.1) is 5.82 Å². The first-order valence-corrected chi connectivity index (χ1v) is 5.36. The molecule has 0 radical (unpaired) electrons. The highest BCUT2D eigenvalue weighted by Gasteiger charge is 2.21. The minimum Gasteiger partial charge on any atom is -0.368 e. The molecule has 1 unspecified atom stereocenters.